The highest BCUT2D eigenvalue weighted by atomic mass is 32.2. The Labute approximate surface area is 111 Å². The van der Waals surface area contributed by atoms with Crippen molar-refractivity contribution in [3.05, 3.63) is 47.7 Å². The third-order valence-corrected chi connectivity index (χ3v) is 4.01. The van der Waals surface area contributed by atoms with Gasteiger partial charge in [0.1, 0.15) is 6.73 Å². The number of nitrogens with one attached hydrogen (secondary N) is 1. The average Bonchev–Trinajstić information content (AvgIpc) is 2.33. The molecule has 0 saturated heterocycles. The van der Waals surface area contributed by atoms with Crippen molar-refractivity contribution in [1.82, 2.24) is 9.03 Å². The van der Waals surface area contributed by atoms with E-state index in [0.29, 0.717) is 12.3 Å². The minimum Gasteiger partial charge on any atom is -0.355 e. The molecule has 1 aliphatic rings. The lowest BCUT2D eigenvalue weighted by Gasteiger charge is -2.27. The monoisotopic (exact) mass is 282 g/mol. The molecule has 0 radical (unpaired) electrons. The number of allylic oxidation sites excluding steroid dienone is 1. The molecule has 0 bridgehead atoms. The molecule has 7 heteroatoms. The molecule has 0 aliphatic carbocycles. The molecule has 1 N–H and O–H groups in total. The SMILES string of the molecule is CC1=CC(=O)NS(=O)(=O)N1COCc1ccccc1. The molecule has 1 amide bonds. The second-order valence-corrected chi connectivity index (χ2v) is 5.66. The molecule has 2 rings (SSSR count). The van der Waals surface area contributed by atoms with Crippen molar-refractivity contribution in [3.63, 3.8) is 0 Å². The zero-order valence-electron chi connectivity index (χ0n) is 10.4. The fourth-order valence-electron chi connectivity index (χ4n) is 1.65. The lowest BCUT2D eigenvalue weighted by molar-refractivity contribution is -0.115. The van der Waals surface area contributed by atoms with E-state index in [-0.39, 0.29) is 6.73 Å². The fraction of sp³-hybridized carbons (Fsp3) is 0.250. The predicted molar refractivity (Wildman–Crippen MR) is 68.8 cm³/mol. The molecule has 0 atom stereocenters. The van der Waals surface area contributed by atoms with E-state index in [1.165, 1.54) is 6.08 Å². The van der Waals surface area contributed by atoms with E-state index in [9.17, 15) is 13.2 Å². The van der Waals surface area contributed by atoms with Gasteiger partial charge in [-0.05, 0) is 12.5 Å². The van der Waals surface area contributed by atoms with Crippen molar-refractivity contribution in [2.45, 2.75) is 13.5 Å². The maximum Gasteiger partial charge on any atom is 0.328 e. The summed E-state index contributed by atoms with van der Waals surface area (Å²) in [5, 5.41) is 0. The van der Waals surface area contributed by atoms with Crippen molar-refractivity contribution in [2.75, 3.05) is 6.73 Å². The Morgan fingerprint density at radius 3 is 2.58 bits per heavy atom. The van der Waals surface area contributed by atoms with Gasteiger partial charge in [-0.3, -0.25) is 4.79 Å². The molecule has 0 unspecified atom stereocenters. The first-order valence-electron chi connectivity index (χ1n) is 5.63. The Morgan fingerprint density at radius 2 is 1.95 bits per heavy atom. The second-order valence-electron chi connectivity index (χ2n) is 4.07. The first-order valence-corrected chi connectivity index (χ1v) is 7.07. The molecule has 19 heavy (non-hydrogen) atoms. The third-order valence-electron chi connectivity index (χ3n) is 2.57. The van der Waals surface area contributed by atoms with Crippen LogP contribution in [0.25, 0.3) is 0 Å². The lowest BCUT2D eigenvalue weighted by Crippen LogP contribution is -2.46. The maximum absolute atomic E-state index is 11.7. The standard InChI is InChI=1S/C12H14N2O4S/c1-10-7-12(15)13-19(16,17)14(10)9-18-8-11-5-3-2-4-6-11/h2-7H,8-9H2,1H3,(H,13,15). The number of carbonyl (C=O) groups excluding carboxylic acids is 1. The van der Waals surface area contributed by atoms with Crippen LogP contribution < -0.4 is 4.72 Å². The largest absolute Gasteiger partial charge is 0.355 e. The summed E-state index contributed by atoms with van der Waals surface area (Å²) in [5.74, 6) is -0.642. The number of amides is 1. The second kappa shape index (κ2) is 5.41. The fourth-order valence-corrected chi connectivity index (χ4v) is 2.72. The Morgan fingerprint density at radius 1 is 1.26 bits per heavy atom. The van der Waals surface area contributed by atoms with Crippen LogP contribution in [0.4, 0.5) is 0 Å². The lowest BCUT2D eigenvalue weighted by atomic mass is 10.2. The summed E-state index contributed by atoms with van der Waals surface area (Å²) >= 11 is 0. The van der Waals surface area contributed by atoms with Crippen LogP contribution in [0.3, 0.4) is 0 Å². The van der Waals surface area contributed by atoms with E-state index >= 15 is 0 Å². The number of hydrogen-bond donors (Lipinski definition) is 1. The van der Waals surface area contributed by atoms with Crippen LogP contribution in [0.15, 0.2) is 42.1 Å². The van der Waals surface area contributed by atoms with Crippen LogP contribution in [-0.4, -0.2) is 25.4 Å². The summed E-state index contributed by atoms with van der Waals surface area (Å²) in [6.45, 7) is 1.70. The van der Waals surface area contributed by atoms with Gasteiger partial charge < -0.3 is 4.74 Å². The molecular weight excluding hydrogens is 268 g/mol. The number of carbonyl (C=O) groups is 1. The highest BCUT2D eigenvalue weighted by molar-refractivity contribution is 7.87. The van der Waals surface area contributed by atoms with Crippen molar-refractivity contribution in [3.8, 4) is 0 Å². The van der Waals surface area contributed by atoms with Crippen LogP contribution in [0.1, 0.15) is 12.5 Å². The van der Waals surface area contributed by atoms with Crippen LogP contribution >= 0.6 is 0 Å². The predicted octanol–water partition coefficient (Wildman–Crippen LogP) is 0.741. The highest BCUT2D eigenvalue weighted by Crippen LogP contribution is 2.14. The Kier molecular flexibility index (Phi) is 3.87. The summed E-state index contributed by atoms with van der Waals surface area (Å²) < 4.78 is 31.7. The average molecular weight is 282 g/mol. The van der Waals surface area contributed by atoms with E-state index in [1.54, 1.807) is 6.92 Å². The summed E-state index contributed by atoms with van der Waals surface area (Å²) in [7, 11) is -3.84. The van der Waals surface area contributed by atoms with Gasteiger partial charge in [-0.25, -0.2) is 9.03 Å². The minimum atomic E-state index is -3.84. The minimum absolute atomic E-state index is 0.139. The van der Waals surface area contributed by atoms with Gasteiger partial charge in [0.2, 0.25) is 0 Å². The van der Waals surface area contributed by atoms with E-state index in [0.717, 1.165) is 9.87 Å². The van der Waals surface area contributed by atoms with Gasteiger partial charge in [0.25, 0.3) is 5.91 Å². The van der Waals surface area contributed by atoms with Crippen molar-refractivity contribution >= 4 is 16.1 Å². The molecule has 1 aromatic carbocycles. The number of ether oxygens (including phenoxy) is 1. The topological polar surface area (TPSA) is 75.7 Å². The van der Waals surface area contributed by atoms with E-state index in [2.05, 4.69) is 0 Å². The molecule has 1 heterocycles. The van der Waals surface area contributed by atoms with Gasteiger partial charge in [-0.15, -0.1) is 0 Å². The van der Waals surface area contributed by atoms with Crippen LogP contribution in [0, 0.1) is 0 Å². The molecule has 0 saturated carbocycles. The van der Waals surface area contributed by atoms with E-state index in [1.807, 2.05) is 35.1 Å². The quantitative estimate of drug-likeness (QED) is 0.884. The van der Waals surface area contributed by atoms with Gasteiger partial charge in [0.05, 0.1) is 6.61 Å². The molecule has 0 aromatic heterocycles. The van der Waals surface area contributed by atoms with Crippen molar-refractivity contribution in [2.24, 2.45) is 0 Å². The summed E-state index contributed by atoms with van der Waals surface area (Å²) in [6, 6.07) is 9.41. The van der Waals surface area contributed by atoms with Gasteiger partial charge in [-0.1, -0.05) is 30.3 Å². The normalized spacial score (nSPS) is 17.8. The van der Waals surface area contributed by atoms with Crippen molar-refractivity contribution < 1.29 is 17.9 Å². The van der Waals surface area contributed by atoms with Crippen molar-refractivity contribution in [1.29, 1.82) is 0 Å². The van der Waals surface area contributed by atoms with Gasteiger partial charge >= 0.3 is 10.2 Å². The molecule has 6 nitrogen and oxygen atoms in total. The summed E-state index contributed by atoms with van der Waals surface area (Å²) in [4.78, 5) is 11.1. The Balaban J connectivity index is 1.99. The van der Waals surface area contributed by atoms with E-state index in [4.69, 9.17) is 4.74 Å². The molecule has 1 aliphatic heterocycles. The molecule has 0 fully saturated rings. The Bertz CT molecular complexity index is 595. The number of nitrogens with zero attached hydrogens (tertiary/aromatic N) is 1. The smallest absolute Gasteiger partial charge is 0.328 e. The molecule has 0 spiro atoms. The zero-order chi connectivity index (χ0) is 13.9. The van der Waals surface area contributed by atoms with Gasteiger partial charge in [0, 0.05) is 11.8 Å². The number of hydrogen-bond acceptors (Lipinski definition) is 4. The zero-order valence-corrected chi connectivity index (χ0v) is 11.2. The highest BCUT2D eigenvalue weighted by Gasteiger charge is 2.28. The third kappa shape index (κ3) is 3.33. The number of rotatable bonds is 4. The first kappa shape index (κ1) is 13.6. The summed E-state index contributed by atoms with van der Waals surface area (Å²) in [6.07, 6.45) is 1.22. The molecular formula is C12H14N2O4S. The Hall–Kier alpha value is -1.86. The van der Waals surface area contributed by atoms with Crippen LogP contribution in [0.5, 0.6) is 0 Å². The van der Waals surface area contributed by atoms with Gasteiger partial charge in [0.15, 0.2) is 0 Å². The van der Waals surface area contributed by atoms with E-state index < -0.39 is 16.1 Å². The van der Waals surface area contributed by atoms with Gasteiger partial charge in [-0.2, -0.15) is 8.42 Å². The summed E-state index contributed by atoms with van der Waals surface area (Å²) in [5.41, 5.74) is 1.28. The van der Waals surface area contributed by atoms with Crippen LogP contribution in [-0.2, 0) is 26.3 Å². The van der Waals surface area contributed by atoms with Crippen LogP contribution in [0.2, 0.25) is 0 Å². The molecule has 102 valence electrons. The number of benzene rings is 1. The molecule has 1 aromatic rings. The first-order chi connectivity index (χ1) is 8.99. The maximum atomic E-state index is 11.7.